The van der Waals surface area contributed by atoms with Crippen molar-refractivity contribution >= 4 is 28.0 Å². The van der Waals surface area contributed by atoms with E-state index < -0.39 is 15.4 Å². The number of carbonyl (C=O) groups excluding carboxylic acids is 1. The normalized spacial score (nSPS) is 17.3. The van der Waals surface area contributed by atoms with Crippen LogP contribution >= 0.6 is 0 Å². The molecular weight excluding hydrogens is 432 g/mol. The summed E-state index contributed by atoms with van der Waals surface area (Å²) in [5.41, 5.74) is 7.40. The Morgan fingerprint density at radius 3 is 2.59 bits per heavy atom. The van der Waals surface area contributed by atoms with Gasteiger partial charge < -0.3 is 25.0 Å². The zero-order chi connectivity index (χ0) is 23.7. The van der Waals surface area contributed by atoms with Crippen LogP contribution in [-0.2, 0) is 25.7 Å². The van der Waals surface area contributed by atoms with Crippen LogP contribution in [0.25, 0.3) is 0 Å². The summed E-state index contributed by atoms with van der Waals surface area (Å²) in [5.74, 6) is 0.285. The second-order valence-electron chi connectivity index (χ2n) is 8.84. The van der Waals surface area contributed by atoms with E-state index in [1.54, 1.807) is 29.2 Å². The molecule has 1 aromatic rings. The van der Waals surface area contributed by atoms with Gasteiger partial charge in [0.1, 0.15) is 11.7 Å². The first kappa shape index (κ1) is 23.6. The fourth-order valence-corrected chi connectivity index (χ4v) is 4.13. The number of allylic oxidation sites excluding steroid dienone is 1. The Labute approximate surface area is 189 Å². The highest BCUT2D eigenvalue weighted by Gasteiger charge is 2.35. The molecule has 1 saturated heterocycles. The van der Waals surface area contributed by atoms with Gasteiger partial charge >= 0.3 is 6.09 Å². The van der Waals surface area contributed by atoms with Crippen molar-refractivity contribution in [1.82, 2.24) is 4.90 Å². The number of anilines is 1. The summed E-state index contributed by atoms with van der Waals surface area (Å²) < 4.78 is 34.9. The Bertz CT molecular complexity index is 1070. The molecule has 3 rings (SSSR count). The summed E-state index contributed by atoms with van der Waals surface area (Å²) >= 11 is 0. The molecule has 0 saturated carbocycles. The summed E-state index contributed by atoms with van der Waals surface area (Å²) in [5, 5.41) is 0. The number of ether oxygens (including phenoxy) is 2. The minimum Gasteiger partial charge on any atom is -0.470 e. The van der Waals surface area contributed by atoms with Crippen molar-refractivity contribution in [3.8, 4) is 0 Å². The highest BCUT2D eigenvalue weighted by atomic mass is 32.2. The summed E-state index contributed by atoms with van der Waals surface area (Å²) in [7, 11) is -3.26. The summed E-state index contributed by atoms with van der Waals surface area (Å²) in [6, 6.07) is 5.09. The van der Waals surface area contributed by atoms with Gasteiger partial charge in [-0.3, -0.25) is 0 Å². The molecule has 0 unspecified atom stereocenters. The summed E-state index contributed by atoms with van der Waals surface area (Å²) in [6.07, 6.45) is 4.11. The van der Waals surface area contributed by atoms with Crippen molar-refractivity contribution in [3.63, 3.8) is 0 Å². The van der Waals surface area contributed by atoms with Gasteiger partial charge in [0.2, 0.25) is 5.88 Å². The molecule has 1 aromatic carbocycles. The minimum atomic E-state index is -3.26. The molecule has 0 radical (unpaired) electrons. The molecule has 0 atom stereocenters. The Morgan fingerprint density at radius 2 is 2.00 bits per heavy atom. The lowest BCUT2D eigenvalue weighted by Crippen LogP contribution is -2.55. The maximum Gasteiger partial charge on any atom is 0.410 e. The molecule has 2 heterocycles. The van der Waals surface area contributed by atoms with E-state index in [9.17, 15) is 13.2 Å². The van der Waals surface area contributed by atoms with E-state index in [1.165, 1.54) is 6.26 Å². The fourth-order valence-electron chi connectivity index (χ4n) is 3.46. The first-order valence-corrected chi connectivity index (χ1v) is 12.2. The van der Waals surface area contributed by atoms with Gasteiger partial charge in [-0.1, -0.05) is 6.58 Å². The molecule has 9 nitrogen and oxygen atoms in total. The number of hydrogen-bond donors (Lipinski definition) is 1. The molecule has 2 aliphatic heterocycles. The number of fused-ring (bicyclic) bond motifs is 1. The number of aliphatic imine (C=N–C) groups is 1. The lowest BCUT2D eigenvalue weighted by Gasteiger charge is -2.39. The van der Waals surface area contributed by atoms with Crippen LogP contribution in [0.2, 0.25) is 0 Å². The standard InChI is InChI=1S/C22H30N4O5S/c1-15(26-9-8-16-11-18(32(5,28)29)6-7-19(16)26)10-20(24-14-23)30-17-12-25(13-17)21(27)31-22(2,3)4/h6-7,10-11,14,17H,1,8-9,12-13H2,2-5H3,(H2,23,24)/b20-10+. The van der Waals surface area contributed by atoms with E-state index in [0.717, 1.165) is 17.6 Å². The number of nitrogens with zero attached hydrogens (tertiary/aromatic N) is 3. The number of nitrogens with two attached hydrogens (primary N) is 1. The SMILES string of the molecule is C=C(/C=C(\N=CN)OC1CN(C(=O)OC(C)(C)C)C1)N1CCc2cc(S(C)(=O)=O)ccc21. The Balaban J connectivity index is 1.65. The molecule has 2 N–H and O–H groups in total. The van der Waals surface area contributed by atoms with Gasteiger partial charge in [0, 0.05) is 30.3 Å². The second-order valence-corrected chi connectivity index (χ2v) is 10.9. The number of likely N-dealkylation sites (tertiary alicyclic amines) is 1. The van der Waals surface area contributed by atoms with Gasteiger partial charge in [0.15, 0.2) is 9.84 Å². The first-order valence-electron chi connectivity index (χ1n) is 10.3. The molecule has 32 heavy (non-hydrogen) atoms. The number of carbonyl (C=O) groups is 1. The molecule has 0 aliphatic carbocycles. The molecule has 0 bridgehead atoms. The number of sulfone groups is 1. The molecule has 1 fully saturated rings. The van der Waals surface area contributed by atoms with Crippen molar-refractivity contribution in [2.75, 3.05) is 30.8 Å². The molecule has 1 amide bonds. The molecule has 174 valence electrons. The number of rotatable bonds is 6. The van der Waals surface area contributed by atoms with Gasteiger partial charge in [-0.2, -0.15) is 0 Å². The number of amides is 1. The molecule has 10 heteroatoms. The number of hydrogen-bond acceptors (Lipinski definition) is 7. The summed E-state index contributed by atoms with van der Waals surface area (Å²) in [4.78, 5) is 20.0. The van der Waals surface area contributed by atoms with Gasteiger partial charge in [-0.25, -0.2) is 18.2 Å². The largest absolute Gasteiger partial charge is 0.470 e. The highest BCUT2D eigenvalue weighted by molar-refractivity contribution is 7.90. The Morgan fingerprint density at radius 1 is 1.31 bits per heavy atom. The molecule has 2 aliphatic rings. The van der Waals surface area contributed by atoms with Crippen molar-refractivity contribution in [3.05, 3.63) is 48.0 Å². The van der Waals surface area contributed by atoms with E-state index in [2.05, 4.69) is 11.6 Å². The van der Waals surface area contributed by atoms with Gasteiger partial charge in [-0.05, 0) is 51.0 Å². The van der Waals surface area contributed by atoms with Gasteiger partial charge in [-0.15, -0.1) is 0 Å². The Hall–Kier alpha value is -3.01. The van der Waals surface area contributed by atoms with Crippen LogP contribution in [0.4, 0.5) is 10.5 Å². The predicted molar refractivity (Wildman–Crippen MR) is 123 cm³/mol. The zero-order valence-electron chi connectivity index (χ0n) is 18.9. The average Bonchev–Trinajstić information content (AvgIpc) is 3.05. The van der Waals surface area contributed by atoms with Crippen molar-refractivity contribution < 1.29 is 22.7 Å². The highest BCUT2D eigenvalue weighted by Crippen LogP contribution is 2.33. The van der Waals surface area contributed by atoms with Crippen LogP contribution < -0.4 is 10.6 Å². The first-order chi connectivity index (χ1) is 14.9. The lowest BCUT2D eigenvalue weighted by molar-refractivity contribution is -0.0423. The third kappa shape index (κ3) is 5.61. The van der Waals surface area contributed by atoms with Crippen LogP contribution in [-0.4, -0.2) is 63.3 Å². The van der Waals surface area contributed by atoms with E-state index >= 15 is 0 Å². The van der Waals surface area contributed by atoms with Crippen LogP contribution in [0.15, 0.2) is 52.3 Å². The average molecular weight is 463 g/mol. The topological polar surface area (TPSA) is 115 Å². The van der Waals surface area contributed by atoms with Crippen molar-refractivity contribution in [2.45, 2.75) is 43.8 Å². The quantitative estimate of drug-likeness (QED) is 0.299. The maximum absolute atomic E-state index is 12.1. The van der Waals surface area contributed by atoms with E-state index in [0.29, 0.717) is 36.6 Å². The zero-order valence-corrected chi connectivity index (χ0v) is 19.7. The van der Waals surface area contributed by atoms with Gasteiger partial charge in [0.25, 0.3) is 0 Å². The monoisotopic (exact) mass is 462 g/mol. The van der Waals surface area contributed by atoms with Crippen LogP contribution in [0, 0.1) is 0 Å². The van der Waals surface area contributed by atoms with Gasteiger partial charge in [0.05, 0.1) is 24.3 Å². The smallest absolute Gasteiger partial charge is 0.410 e. The predicted octanol–water partition coefficient (Wildman–Crippen LogP) is 2.43. The fraction of sp³-hybridized carbons (Fsp3) is 0.455. The number of benzene rings is 1. The minimum absolute atomic E-state index is 0.228. The van der Waals surface area contributed by atoms with E-state index in [-0.39, 0.29) is 18.1 Å². The second kappa shape index (κ2) is 8.85. The molecule has 0 spiro atoms. The van der Waals surface area contributed by atoms with Crippen molar-refractivity contribution in [1.29, 1.82) is 0 Å². The third-order valence-electron chi connectivity index (χ3n) is 5.00. The summed E-state index contributed by atoms with van der Waals surface area (Å²) in [6.45, 7) is 11.0. The van der Waals surface area contributed by atoms with Crippen molar-refractivity contribution in [2.24, 2.45) is 10.7 Å². The van der Waals surface area contributed by atoms with Crippen LogP contribution in [0.3, 0.4) is 0 Å². The third-order valence-corrected chi connectivity index (χ3v) is 6.11. The maximum atomic E-state index is 12.1. The van der Waals surface area contributed by atoms with Crippen LogP contribution in [0.5, 0.6) is 0 Å². The molecular formula is C22H30N4O5S. The Kier molecular flexibility index (Phi) is 6.54. The molecule has 0 aromatic heterocycles. The van der Waals surface area contributed by atoms with E-state index in [4.69, 9.17) is 15.2 Å². The van der Waals surface area contributed by atoms with Crippen LogP contribution in [0.1, 0.15) is 26.3 Å². The van der Waals surface area contributed by atoms with E-state index in [1.807, 2.05) is 25.7 Å². The lowest BCUT2D eigenvalue weighted by atomic mass is 10.1.